The first-order valence-electron chi connectivity index (χ1n) is 6.11. The number of nitrogens with two attached hydrogens (primary N) is 1. The number of sulfone groups is 1. The zero-order valence-electron chi connectivity index (χ0n) is 12.1. The van der Waals surface area contributed by atoms with Crippen molar-refractivity contribution in [3.05, 3.63) is 18.2 Å². The summed E-state index contributed by atoms with van der Waals surface area (Å²) in [5.41, 5.74) is 5.78. The first-order chi connectivity index (χ1) is 9.19. The van der Waals surface area contributed by atoms with E-state index in [9.17, 15) is 13.2 Å². The first-order valence-corrected chi connectivity index (χ1v) is 7.76. The van der Waals surface area contributed by atoms with E-state index in [0.29, 0.717) is 5.75 Å². The quantitative estimate of drug-likeness (QED) is 0.817. The molecular formula is C13H20N2O4S. The van der Waals surface area contributed by atoms with Crippen molar-refractivity contribution in [2.75, 3.05) is 25.6 Å². The molecule has 0 atom stereocenters. The molecule has 0 fully saturated rings. The normalized spacial score (nSPS) is 11.4. The second-order valence-electron chi connectivity index (χ2n) is 4.76. The van der Waals surface area contributed by atoms with E-state index in [0.717, 1.165) is 0 Å². The highest BCUT2D eigenvalue weighted by Gasteiger charge is 2.25. The summed E-state index contributed by atoms with van der Waals surface area (Å²) in [6.07, 6.45) is 0. The molecule has 0 bridgehead atoms. The molecule has 0 heterocycles. The summed E-state index contributed by atoms with van der Waals surface area (Å²) in [6.45, 7) is 3.62. The Hall–Kier alpha value is -1.76. The summed E-state index contributed by atoms with van der Waals surface area (Å²) in [4.78, 5) is 13.2. The number of carbonyl (C=O) groups excluding carboxylic acids is 1. The number of nitrogens with zero attached hydrogens (tertiary/aromatic N) is 1. The zero-order valence-corrected chi connectivity index (χ0v) is 12.9. The van der Waals surface area contributed by atoms with Gasteiger partial charge in [-0.2, -0.15) is 0 Å². The fraction of sp³-hybridized carbons (Fsp3) is 0.462. The van der Waals surface area contributed by atoms with Crippen molar-refractivity contribution >= 4 is 21.4 Å². The standard InChI is InChI=1S/C13H20N2O4S/c1-9(2)15(3)13(16)8-20(17,18)12-7-10(19-4)5-6-11(12)14/h5-7,9H,8,14H2,1-4H3. The Morgan fingerprint density at radius 2 is 2.00 bits per heavy atom. The van der Waals surface area contributed by atoms with Crippen LogP contribution in [0.5, 0.6) is 5.75 Å². The van der Waals surface area contributed by atoms with Gasteiger partial charge in [0.05, 0.1) is 17.7 Å². The lowest BCUT2D eigenvalue weighted by Gasteiger charge is -2.21. The molecule has 1 aromatic rings. The fourth-order valence-electron chi connectivity index (χ4n) is 1.54. The van der Waals surface area contributed by atoms with Crippen LogP contribution in [-0.4, -0.2) is 45.2 Å². The molecule has 1 amide bonds. The van der Waals surface area contributed by atoms with Gasteiger partial charge in [-0.3, -0.25) is 4.79 Å². The highest BCUT2D eigenvalue weighted by atomic mass is 32.2. The van der Waals surface area contributed by atoms with E-state index in [4.69, 9.17) is 10.5 Å². The summed E-state index contributed by atoms with van der Waals surface area (Å²) < 4.78 is 29.5. The number of anilines is 1. The highest BCUT2D eigenvalue weighted by Crippen LogP contribution is 2.25. The molecule has 0 saturated carbocycles. The number of carbonyl (C=O) groups is 1. The third-order valence-electron chi connectivity index (χ3n) is 3.04. The Labute approximate surface area is 119 Å². The molecule has 0 spiro atoms. The van der Waals surface area contributed by atoms with E-state index < -0.39 is 21.5 Å². The largest absolute Gasteiger partial charge is 0.497 e. The molecule has 2 N–H and O–H groups in total. The zero-order chi connectivity index (χ0) is 15.5. The number of benzene rings is 1. The van der Waals surface area contributed by atoms with Crippen molar-refractivity contribution in [1.29, 1.82) is 0 Å². The van der Waals surface area contributed by atoms with Gasteiger partial charge in [0.25, 0.3) is 0 Å². The third kappa shape index (κ3) is 3.63. The van der Waals surface area contributed by atoms with Crippen LogP contribution in [0.3, 0.4) is 0 Å². The van der Waals surface area contributed by atoms with E-state index in [1.165, 1.54) is 24.1 Å². The minimum absolute atomic E-state index is 0.0691. The van der Waals surface area contributed by atoms with Crippen molar-refractivity contribution in [2.45, 2.75) is 24.8 Å². The average molecular weight is 300 g/mol. The molecule has 1 aromatic carbocycles. The molecule has 1 rings (SSSR count). The first kappa shape index (κ1) is 16.3. The van der Waals surface area contributed by atoms with E-state index in [1.807, 2.05) is 13.8 Å². The van der Waals surface area contributed by atoms with Gasteiger partial charge < -0.3 is 15.4 Å². The molecule has 7 heteroatoms. The highest BCUT2D eigenvalue weighted by molar-refractivity contribution is 7.92. The molecule has 0 unspecified atom stereocenters. The SMILES string of the molecule is COc1ccc(N)c(S(=O)(=O)CC(=O)N(C)C(C)C)c1. The van der Waals surface area contributed by atoms with Crippen LogP contribution in [0.4, 0.5) is 5.69 Å². The van der Waals surface area contributed by atoms with Gasteiger partial charge in [-0.1, -0.05) is 0 Å². The molecule has 112 valence electrons. The lowest BCUT2D eigenvalue weighted by Crippen LogP contribution is -2.37. The third-order valence-corrected chi connectivity index (χ3v) is 4.69. The number of nitrogen functional groups attached to an aromatic ring is 1. The summed E-state index contributed by atoms with van der Waals surface area (Å²) in [5, 5.41) is 0. The number of methoxy groups -OCH3 is 1. The van der Waals surface area contributed by atoms with E-state index in [1.54, 1.807) is 13.1 Å². The number of rotatable bonds is 5. The van der Waals surface area contributed by atoms with Crippen molar-refractivity contribution in [1.82, 2.24) is 4.90 Å². The molecule has 0 aliphatic rings. The lowest BCUT2D eigenvalue weighted by atomic mass is 10.3. The minimum atomic E-state index is -3.80. The summed E-state index contributed by atoms with van der Waals surface area (Å²) >= 11 is 0. The molecule has 6 nitrogen and oxygen atoms in total. The van der Waals surface area contributed by atoms with Gasteiger partial charge in [0.2, 0.25) is 5.91 Å². The van der Waals surface area contributed by atoms with Crippen molar-refractivity contribution < 1.29 is 17.9 Å². The van der Waals surface area contributed by atoms with Crippen LogP contribution in [0.1, 0.15) is 13.8 Å². The predicted molar refractivity (Wildman–Crippen MR) is 77.4 cm³/mol. The number of ether oxygens (including phenoxy) is 1. The maximum atomic E-state index is 12.3. The topological polar surface area (TPSA) is 89.7 Å². The molecule has 0 radical (unpaired) electrons. The Morgan fingerprint density at radius 3 is 2.50 bits per heavy atom. The Kier molecular flexibility index (Phi) is 4.99. The van der Waals surface area contributed by atoms with Gasteiger partial charge in [-0.25, -0.2) is 8.42 Å². The molecule has 0 aliphatic heterocycles. The van der Waals surface area contributed by atoms with Gasteiger partial charge >= 0.3 is 0 Å². The van der Waals surface area contributed by atoms with Gasteiger partial charge in [-0.05, 0) is 26.0 Å². The Bertz CT molecular complexity index is 596. The van der Waals surface area contributed by atoms with Crippen LogP contribution < -0.4 is 10.5 Å². The summed E-state index contributed by atoms with van der Waals surface area (Å²) in [6, 6.07) is 4.27. The van der Waals surface area contributed by atoms with Crippen molar-refractivity contribution in [2.24, 2.45) is 0 Å². The molecule has 0 aliphatic carbocycles. The van der Waals surface area contributed by atoms with E-state index >= 15 is 0 Å². The molecule has 20 heavy (non-hydrogen) atoms. The van der Waals surface area contributed by atoms with Crippen LogP contribution in [0.25, 0.3) is 0 Å². The van der Waals surface area contributed by atoms with Crippen molar-refractivity contribution in [3.63, 3.8) is 0 Å². The van der Waals surface area contributed by atoms with Crippen molar-refractivity contribution in [3.8, 4) is 5.75 Å². The van der Waals surface area contributed by atoms with Gasteiger partial charge in [-0.15, -0.1) is 0 Å². The maximum absolute atomic E-state index is 12.3. The number of hydrogen-bond donors (Lipinski definition) is 1. The summed E-state index contributed by atoms with van der Waals surface area (Å²) in [7, 11) is -0.800. The molecular weight excluding hydrogens is 280 g/mol. The van der Waals surface area contributed by atoms with Gasteiger partial charge in [0.1, 0.15) is 11.5 Å². The van der Waals surface area contributed by atoms with Crippen LogP contribution in [0.2, 0.25) is 0 Å². The van der Waals surface area contributed by atoms with Crippen LogP contribution in [0.15, 0.2) is 23.1 Å². The molecule has 0 aromatic heterocycles. The Morgan fingerprint density at radius 1 is 1.40 bits per heavy atom. The summed E-state index contributed by atoms with van der Waals surface area (Å²) in [5.74, 6) is -0.705. The average Bonchev–Trinajstić information content (AvgIpc) is 2.37. The van der Waals surface area contributed by atoms with Crippen LogP contribution in [-0.2, 0) is 14.6 Å². The lowest BCUT2D eigenvalue weighted by molar-refractivity contribution is -0.128. The van der Waals surface area contributed by atoms with Crippen LogP contribution in [0, 0.1) is 0 Å². The number of amides is 1. The maximum Gasteiger partial charge on any atom is 0.238 e. The van der Waals surface area contributed by atoms with Crippen LogP contribution >= 0.6 is 0 Å². The monoisotopic (exact) mass is 300 g/mol. The predicted octanol–water partition coefficient (Wildman–Crippen LogP) is 0.918. The smallest absolute Gasteiger partial charge is 0.238 e. The minimum Gasteiger partial charge on any atom is -0.497 e. The number of hydrogen-bond acceptors (Lipinski definition) is 5. The van der Waals surface area contributed by atoms with E-state index in [2.05, 4.69) is 0 Å². The second-order valence-corrected chi connectivity index (χ2v) is 6.72. The van der Waals surface area contributed by atoms with E-state index in [-0.39, 0.29) is 16.6 Å². The van der Waals surface area contributed by atoms with Gasteiger partial charge in [0, 0.05) is 19.2 Å². The van der Waals surface area contributed by atoms with Gasteiger partial charge in [0.15, 0.2) is 9.84 Å². The molecule has 0 saturated heterocycles. The second kappa shape index (κ2) is 6.13. The Balaban J connectivity index is 3.09. The fourth-order valence-corrected chi connectivity index (χ4v) is 2.95.